The van der Waals surface area contributed by atoms with Gasteiger partial charge in [0.1, 0.15) is 0 Å². The zero-order valence-electron chi connectivity index (χ0n) is 17.7. The topological polar surface area (TPSA) is 28.5 Å². The van der Waals surface area contributed by atoms with E-state index in [9.17, 15) is 0 Å². The molecule has 3 aromatic carbocycles. The molecule has 0 saturated carbocycles. The van der Waals surface area contributed by atoms with Crippen molar-refractivity contribution < 1.29 is 0 Å². The molecule has 3 heterocycles. The number of anilines is 3. The fourth-order valence-electron chi connectivity index (χ4n) is 4.93. The third kappa shape index (κ3) is 2.73. The van der Waals surface area contributed by atoms with Crippen LogP contribution in [0.4, 0.5) is 22.7 Å². The molecule has 0 amide bonds. The molecule has 31 heavy (non-hydrogen) atoms. The number of hydrogen-bond donors (Lipinski definition) is 0. The quantitative estimate of drug-likeness (QED) is 0.367. The molecule has 0 saturated heterocycles. The van der Waals surface area contributed by atoms with Gasteiger partial charge in [-0.05, 0) is 53.1 Å². The molecular formula is C28H23N3. The minimum absolute atomic E-state index is 0.0407. The minimum Gasteiger partial charge on any atom is -0.310 e. The van der Waals surface area contributed by atoms with Gasteiger partial charge in [-0.2, -0.15) is 0 Å². The van der Waals surface area contributed by atoms with Crippen LogP contribution in [0.2, 0.25) is 0 Å². The predicted octanol–water partition coefficient (Wildman–Crippen LogP) is 6.87. The van der Waals surface area contributed by atoms with Crippen LogP contribution in [0.1, 0.15) is 36.2 Å². The lowest BCUT2D eigenvalue weighted by molar-refractivity contribution is 0.632. The Hall–Kier alpha value is -3.72. The molecule has 0 aliphatic carbocycles. The lowest BCUT2D eigenvalue weighted by Crippen LogP contribution is -2.30. The summed E-state index contributed by atoms with van der Waals surface area (Å²) >= 11 is 0. The molecule has 3 heteroatoms. The summed E-state index contributed by atoms with van der Waals surface area (Å²) in [5.74, 6) is 0. The molecule has 3 nitrogen and oxygen atoms in total. The number of nitrogens with zero attached hydrogens (tertiary/aromatic N) is 3. The summed E-state index contributed by atoms with van der Waals surface area (Å²) in [7, 11) is 0. The average Bonchev–Trinajstić information content (AvgIpc) is 3.24. The SMILES string of the molecule is CC1(C)c2ccccc2N(c2ccc(C3=Nc4cccnc4C3)cc2)c2ccccc21. The van der Waals surface area contributed by atoms with Gasteiger partial charge in [-0.3, -0.25) is 9.98 Å². The van der Waals surface area contributed by atoms with E-state index < -0.39 is 0 Å². The van der Waals surface area contributed by atoms with Crippen LogP contribution in [-0.4, -0.2) is 10.7 Å². The van der Waals surface area contributed by atoms with Gasteiger partial charge in [0.25, 0.3) is 0 Å². The summed E-state index contributed by atoms with van der Waals surface area (Å²) in [6, 6.07) is 30.3. The molecule has 0 N–H and O–H groups in total. The van der Waals surface area contributed by atoms with E-state index >= 15 is 0 Å². The van der Waals surface area contributed by atoms with Gasteiger partial charge in [0, 0.05) is 23.7 Å². The van der Waals surface area contributed by atoms with Crippen LogP contribution in [0, 0.1) is 0 Å². The molecular weight excluding hydrogens is 378 g/mol. The average molecular weight is 402 g/mol. The number of hydrogen-bond acceptors (Lipinski definition) is 3. The Labute approximate surface area is 182 Å². The van der Waals surface area contributed by atoms with Gasteiger partial charge in [-0.1, -0.05) is 62.4 Å². The summed E-state index contributed by atoms with van der Waals surface area (Å²) in [4.78, 5) is 11.6. The van der Waals surface area contributed by atoms with Crippen molar-refractivity contribution in [2.24, 2.45) is 4.99 Å². The Bertz CT molecular complexity index is 1280. The van der Waals surface area contributed by atoms with Gasteiger partial charge >= 0.3 is 0 Å². The van der Waals surface area contributed by atoms with Crippen LogP contribution < -0.4 is 4.90 Å². The first kappa shape index (κ1) is 18.1. The van der Waals surface area contributed by atoms with Crippen molar-refractivity contribution in [2.75, 3.05) is 4.90 Å². The van der Waals surface area contributed by atoms with Crippen LogP contribution >= 0.6 is 0 Å². The van der Waals surface area contributed by atoms with E-state index in [2.05, 4.69) is 96.5 Å². The lowest BCUT2D eigenvalue weighted by Gasteiger charge is -2.42. The lowest BCUT2D eigenvalue weighted by atomic mass is 9.73. The second-order valence-corrected chi connectivity index (χ2v) is 8.75. The first-order valence-electron chi connectivity index (χ1n) is 10.7. The van der Waals surface area contributed by atoms with Gasteiger partial charge in [0.2, 0.25) is 0 Å². The van der Waals surface area contributed by atoms with Gasteiger partial charge < -0.3 is 4.90 Å². The monoisotopic (exact) mass is 401 g/mol. The van der Waals surface area contributed by atoms with Crippen molar-refractivity contribution in [2.45, 2.75) is 25.7 Å². The summed E-state index contributed by atoms with van der Waals surface area (Å²) in [6.45, 7) is 4.63. The summed E-state index contributed by atoms with van der Waals surface area (Å²) < 4.78 is 0. The maximum absolute atomic E-state index is 4.80. The molecule has 0 bridgehead atoms. The largest absolute Gasteiger partial charge is 0.310 e. The second-order valence-electron chi connectivity index (χ2n) is 8.75. The Balaban J connectivity index is 1.43. The summed E-state index contributed by atoms with van der Waals surface area (Å²) in [5, 5.41) is 0. The zero-order chi connectivity index (χ0) is 21.0. The Morgan fingerprint density at radius 1 is 0.742 bits per heavy atom. The Kier molecular flexibility index (Phi) is 3.87. The van der Waals surface area contributed by atoms with Crippen LogP contribution in [0.15, 0.2) is 96.1 Å². The van der Waals surface area contributed by atoms with Crippen molar-refractivity contribution in [1.29, 1.82) is 0 Å². The summed E-state index contributed by atoms with van der Waals surface area (Å²) in [5.41, 5.74) is 10.6. The third-order valence-corrected chi connectivity index (χ3v) is 6.55. The molecule has 2 aliphatic heterocycles. The van der Waals surface area contributed by atoms with E-state index in [-0.39, 0.29) is 5.41 Å². The number of para-hydroxylation sites is 2. The standard InChI is InChI=1S/C28H23N3/c1-28(2)21-8-3-5-11-26(21)31(27-12-6-4-9-22(27)28)20-15-13-19(14-16-20)24-18-25-23(30-24)10-7-17-29-25/h3-17H,18H2,1-2H3. The molecule has 0 unspecified atom stereocenters. The van der Waals surface area contributed by atoms with Crippen LogP contribution in [-0.2, 0) is 11.8 Å². The highest BCUT2D eigenvalue weighted by Crippen LogP contribution is 2.51. The van der Waals surface area contributed by atoms with Crippen molar-refractivity contribution in [3.63, 3.8) is 0 Å². The molecule has 0 spiro atoms. The smallest absolute Gasteiger partial charge is 0.0852 e. The van der Waals surface area contributed by atoms with E-state index in [0.717, 1.165) is 34.8 Å². The van der Waals surface area contributed by atoms with Gasteiger partial charge in [0.15, 0.2) is 0 Å². The molecule has 4 aromatic rings. The highest BCUT2D eigenvalue weighted by atomic mass is 15.2. The van der Waals surface area contributed by atoms with Crippen molar-refractivity contribution in [1.82, 2.24) is 4.98 Å². The predicted molar refractivity (Wildman–Crippen MR) is 127 cm³/mol. The number of fused-ring (bicyclic) bond motifs is 3. The highest BCUT2D eigenvalue weighted by Gasteiger charge is 2.36. The number of aromatic nitrogens is 1. The van der Waals surface area contributed by atoms with E-state index in [1.807, 2.05) is 18.3 Å². The first-order chi connectivity index (χ1) is 15.1. The first-order valence-corrected chi connectivity index (χ1v) is 10.7. The van der Waals surface area contributed by atoms with Gasteiger partial charge in [0.05, 0.1) is 28.5 Å². The molecule has 1 aromatic heterocycles. The van der Waals surface area contributed by atoms with E-state index in [1.54, 1.807) is 0 Å². The van der Waals surface area contributed by atoms with Gasteiger partial charge in [-0.25, -0.2) is 0 Å². The van der Waals surface area contributed by atoms with Crippen LogP contribution in [0.5, 0.6) is 0 Å². The molecule has 150 valence electrons. The maximum Gasteiger partial charge on any atom is 0.0852 e. The normalized spacial score (nSPS) is 15.7. The Morgan fingerprint density at radius 2 is 1.39 bits per heavy atom. The van der Waals surface area contributed by atoms with Crippen molar-refractivity contribution >= 4 is 28.5 Å². The highest BCUT2D eigenvalue weighted by molar-refractivity contribution is 6.06. The van der Waals surface area contributed by atoms with Crippen LogP contribution in [0.25, 0.3) is 0 Å². The second kappa shape index (κ2) is 6.64. The maximum atomic E-state index is 4.80. The number of pyridine rings is 1. The molecule has 0 fully saturated rings. The zero-order valence-corrected chi connectivity index (χ0v) is 17.7. The van der Waals surface area contributed by atoms with Crippen molar-refractivity contribution in [3.8, 4) is 0 Å². The van der Waals surface area contributed by atoms with Crippen molar-refractivity contribution in [3.05, 3.63) is 114 Å². The third-order valence-electron chi connectivity index (χ3n) is 6.55. The van der Waals surface area contributed by atoms with E-state index in [0.29, 0.717) is 0 Å². The number of benzene rings is 3. The molecule has 6 rings (SSSR count). The van der Waals surface area contributed by atoms with E-state index in [4.69, 9.17) is 4.99 Å². The minimum atomic E-state index is -0.0407. The fraction of sp³-hybridized carbons (Fsp3) is 0.143. The molecule has 0 radical (unpaired) electrons. The van der Waals surface area contributed by atoms with Crippen LogP contribution in [0.3, 0.4) is 0 Å². The Morgan fingerprint density at radius 3 is 2.03 bits per heavy atom. The van der Waals surface area contributed by atoms with Gasteiger partial charge in [-0.15, -0.1) is 0 Å². The summed E-state index contributed by atoms with van der Waals surface area (Å²) in [6.07, 6.45) is 2.63. The number of aliphatic imine (C=N–C) groups is 1. The number of rotatable bonds is 2. The van der Waals surface area contributed by atoms with E-state index in [1.165, 1.54) is 22.5 Å². The molecule has 2 aliphatic rings. The molecule has 0 atom stereocenters. The fourth-order valence-corrected chi connectivity index (χ4v) is 4.93.